The lowest BCUT2D eigenvalue weighted by Gasteiger charge is -2.14. The van der Waals surface area contributed by atoms with Gasteiger partial charge < -0.3 is 14.3 Å². The molecule has 2 heterocycles. The van der Waals surface area contributed by atoms with Crippen LogP contribution in [0.4, 0.5) is 0 Å². The Balaban J connectivity index is 1.53. The summed E-state index contributed by atoms with van der Waals surface area (Å²) in [6, 6.07) is 1.88. The third kappa shape index (κ3) is 4.38. The Hall–Kier alpha value is -2.02. The maximum absolute atomic E-state index is 12.4. The van der Waals surface area contributed by atoms with E-state index in [1.807, 2.05) is 31.5 Å². The summed E-state index contributed by atoms with van der Waals surface area (Å²) >= 11 is 1.42. The molecule has 140 valence electrons. The van der Waals surface area contributed by atoms with Gasteiger partial charge in [-0.15, -0.1) is 10.2 Å². The second-order valence-electron chi connectivity index (χ2n) is 6.66. The van der Waals surface area contributed by atoms with Gasteiger partial charge in [-0.3, -0.25) is 4.79 Å². The molecule has 1 aliphatic carbocycles. The third-order valence-corrected chi connectivity index (χ3v) is 5.85. The Morgan fingerprint density at radius 1 is 1.42 bits per heavy atom. The summed E-state index contributed by atoms with van der Waals surface area (Å²) in [5, 5.41) is 12.0. The van der Waals surface area contributed by atoms with E-state index in [4.69, 9.17) is 4.42 Å². The molecular weight excluding hydrogens is 348 g/mol. The molecule has 3 rings (SSSR count). The van der Waals surface area contributed by atoms with Crippen LogP contribution in [0.3, 0.4) is 0 Å². The largest absolute Gasteiger partial charge is 0.469 e. The van der Waals surface area contributed by atoms with Crippen molar-refractivity contribution >= 4 is 17.7 Å². The molecule has 0 aliphatic heterocycles. The van der Waals surface area contributed by atoms with Crippen LogP contribution >= 0.6 is 11.8 Å². The zero-order valence-corrected chi connectivity index (χ0v) is 16.4. The van der Waals surface area contributed by atoms with Gasteiger partial charge in [0.2, 0.25) is 5.91 Å². The number of carbonyl (C=O) groups is 1. The number of hydrogen-bond acceptors (Lipinski definition) is 5. The molecule has 2 aromatic heterocycles. The molecule has 0 fully saturated rings. The smallest absolute Gasteiger partial charge is 0.233 e. The average Bonchev–Trinajstić information content (AvgIpc) is 3.21. The predicted octanol–water partition coefficient (Wildman–Crippen LogP) is 3.87. The quantitative estimate of drug-likeness (QED) is 0.588. The minimum absolute atomic E-state index is 0.0375. The van der Waals surface area contributed by atoms with Gasteiger partial charge in [0.05, 0.1) is 17.1 Å². The molecule has 6 nitrogen and oxygen atoms in total. The third-order valence-electron chi connectivity index (χ3n) is 4.72. The van der Waals surface area contributed by atoms with Gasteiger partial charge in [0, 0.05) is 13.6 Å². The molecular formula is C19H26N4O2S. The van der Waals surface area contributed by atoms with Crippen LogP contribution in [0, 0.1) is 6.92 Å². The minimum atomic E-state index is -0.225. The number of aromatic nitrogens is 3. The topological polar surface area (TPSA) is 72.9 Å². The number of thioether (sulfide) groups is 1. The number of rotatable bonds is 7. The Bertz CT molecular complexity index is 793. The van der Waals surface area contributed by atoms with E-state index in [2.05, 4.69) is 21.6 Å². The first kappa shape index (κ1) is 18.8. The lowest BCUT2D eigenvalue weighted by molar-refractivity contribution is -0.120. The molecule has 26 heavy (non-hydrogen) atoms. The zero-order chi connectivity index (χ0) is 18.5. The fraction of sp³-hybridized carbons (Fsp3) is 0.526. The highest BCUT2D eigenvalue weighted by molar-refractivity contribution is 8.00. The molecule has 0 aromatic carbocycles. The molecule has 2 aromatic rings. The molecule has 0 saturated heterocycles. The van der Waals surface area contributed by atoms with Crippen molar-refractivity contribution in [2.45, 2.75) is 56.4 Å². The van der Waals surface area contributed by atoms with E-state index in [0.29, 0.717) is 6.54 Å². The molecule has 0 unspecified atom stereocenters. The molecule has 1 amide bonds. The highest BCUT2D eigenvalue weighted by Crippen LogP contribution is 2.28. The van der Waals surface area contributed by atoms with E-state index < -0.39 is 0 Å². The van der Waals surface area contributed by atoms with Gasteiger partial charge in [0.25, 0.3) is 0 Å². The van der Waals surface area contributed by atoms with E-state index in [1.54, 1.807) is 6.26 Å². The first-order valence-corrected chi connectivity index (χ1v) is 10.0. The normalized spacial score (nSPS) is 15.6. The van der Waals surface area contributed by atoms with Crippen LogP contribution in [-0.4, -0.2) is 32.5 Å². The highest BCUT2D eigenvalue weighted by atomic mass is 32.2. The van der Waals surface area contributed by atoms with E-state index in [0.717, 1.165) is 28.7 Å². The van der Waals surface area contributed by atoms with E-state index in [9.17, 15) is 4.79 Å². The van der Waals surface area contributed by atoms with Gasteiger partial charge in [-0.2, -0.15) is 0 Å². The van der Waals surface area contributed by atoms with Crippen LogP contribution in [0.5, 0.6) is 0 Å². The van der Waals surface area contributed by atoms with Gasteiger partial charge >= 0.3 is 0 Å². The number of hydrogen-bond donors (Lipinski definition) is 1. The number of aryl methyl sites for hydroxylation is 1. The summed E-state index contributed by atoms with van der Waals surface area (Å²) in [6.45, 7) is 4.50. The Morgan fingerprint density at radius 3 is 2.96 bits per heavy atom. The van der Waals surface area contributed by atoms with Crippen molar-refractivity contribution in [3.8, 4) is 11.4 Å². The van der Waals surface area contributed by atoms with Crippen LogP contribution in [0.2, 0.25) is 0 Å². The highest BCUT2D eigenvalue weighted by Gasteiger charge is 2.20. The lowest BCUT2D eigenvalue weighted by atomic mass is 9.97. The van der Waals surface area contributed by atoms with Crippen molar-refractivity contribution in [3.05, 3.63) is 29.7 Å². The van der Waals surface area contributed by atoms with Crippen LogP contribution in [0.25, 0.3) is 11.4 Å². The first-order valence-electron chi connectivity index (χ1n) is 9.12. The summed E-state index contributed by atoms with van der Waals surface area (Å²) in [6.07, 6.45) is 9.85. The number of nitrogens with zero attached hydrogens (tertiary/aromatic N) is 3. The summed E-state index contributed by atoms with van der Waals surface area (Å²) in [7, 11) is 1.91. The fourth-order valence-electron chi connectivity index (χ4n) is 3.10. The number of nitrogens with one attached hydrogen (secondary N) is 1. The van der Waals surface area contributed by atoms with Crippen molar-refractivity contribution in [3.63, 3.8) is 0 Å². The first-order chi connectivity index (χ1) is 12.6. The standard InChI is InChI=1S/C19H26N4O2S/c1-13-16(10-12-25-13)17-21-22-19(23(17)3)26-14(2)18(24)20-11-9-15-7-5-4-6-8-15/h7,10,12,14H,4-6,8-9,11H2,1-3H3,(H,20,24)/t14-/m1/s1. The van der Waals surface area contributed by atoms with Gasteiger partial charge in [-0.05, 0) is 52.0 Å². The monoisotopic (exact) mass is 374 g/mol. The van der Waals surface area contributed by atoms with E-state index in [1.165, 1.54) is 43.0 Å². The number of allylic oxidation sites excluding steroid dienone is 1. The number of carbonyl (C=O) groups excluding carboxylic acids is 1. The molecule has 0 saturated carbocycles. The number of furan rings is 1. The molecule has 1 aliphatic rings. The molecule has 1 N–H and O–H groups in total. The SMILES string of the molecule is Cc1occc1-c1nnc(S[C@H](C)C(=O)NCCC2=CCCCC2)n1C. The Morgan fingerprint density at radius 2 is 2.27 bits per heavy atom. The van der Waals surface area contributed by atoms with Crippen molar-refractivity contribution in [1.82, 2.24) is 20.1 Å². The van der Waals surface area contributed by atoms with E-state index in [-0.39, 0.29) is 11.2 Å². The Labute approximate surface area is 158 Å². The summed E-state index contributed by atoms with van der Waals surface area (Å²) in [5.74, 6) is 1.59. The predicted molar refractivity (Wildman–Crippen MR) is 103 cm³/mol. The second-order valence-corrected chi connectivity index (χ2v) is 7.97. The summed E-state index contributed by atoms with van der Waals surface area (Å²) in [4.78, 5) is 12.4. The van der Waals surface area contributed by atoms with Gasteiger partial charge in [-0.25, -0.2) is 0 Å². The molecule has 1 atom stereocenters. The van der Waals surface area contributed by atoms with Crippen molar-refractivity contribution in [2.75, 3.05) is 6.54 Å². The maximum Gasteiger partial charge on any atom is 0.233 e. The second kappa shape index (κ2) is 8.58. The molecule has 0 radical (unpaired) electrons. The van der Waals surface area contributed by atoms with Crippen LogP contribution in [-0.2, 0) is 11.8 Å². The maximum atomic E-state index is 12.4. The van der Waals surface area contributed by atoms with Crippen molar-refractivity contribution in [1.29, 1.82) is 0 Å². The van der Waals surface area contributed by atoms with Gasteiger partial charge in [0.1, 0.15) is 5.76 Å². The Kier molecular flexibility index (Phi) is 6.19. The molecule has 0 bridgehead atoms. The van der Waals surface area contributed by atoms with Crippen LogP contribution < -0.4 is 5.32 Å². The zero-order valence-electron chi connectivity index (χ0n) is 15.6. The lowest BCUT2D eigenvalue weighted by Crippen LogP contribution is -2.32. The van der Waals surface area contributed by atoms with Crippen LogP contribution in [0.15, 0.2) is 33.6 Å². The average molecular weight is 375 g/mol. The molecule has 7 heteroatoms. The summed E-state index contributed by atoms with van der Waals surface area (Å²) in [5.41, 5.74) is 2.40. The fourth-order valence-corrected chi connectivity index (χ4v) is 3.94. The van der Waals surface area contributed by atoms with Gasteiger partial charge in [0.15, 0.2) is 11.0 Å². The summed E-state index contributed by atoms with van der Waals surface area (Å²) < 4.78 is 7.24. The van der Waals surface area contributed by atoms with Gasteiger partial charge in [-0.1, -0.05) is 23.4 Å². The molecule has 0 spiro atoms. The van der Waals surface area contributed by atoms with Crippen molar-refractivity contribution < 1.29 is 9.21 Å². The minimum Gasteiger partial charge on any atom is -0.469 e. The van der Waals surface area contributed by atoms with Crippen molar-refractivity contribution in [2.24, 2.45) is 7.05 Å². The number of amides is 1. The van der Waals surface area contributed by atoms with E-state index >= 15 is 0 Å². The van der Waals surface area contributed by atoms with Crippen LogP contribution in [0.1, 0.15) is 44.8 Å².